The number of rotatable bonds is 7. The Hall–Kier alpha value is -3.15. The molecule has 3 rings (SSSR count). The second kappa shape index (κ2) is 9.57. The Balaban J connectivity index is 1.62. The number of amides is 2. The van der Waals surface area contributed by atoms with Crippen LogP contribution in [0.1, 0.15) is 32.8 Å². The van der Waals surface area contributed by atoms with E-state index < -0.39 is 11.9 Å². The standard InChI is InChI=1S/C24H28N2O4/c1-4-18-10-8-9-13-21(18)25-15-19(14-22(25)27)24(29)30-16-23(28)26(17(2)3)20-11-6-5-7-12-20/h5-13,17,19H,4,14-16H2,1-3H3/t19-/m1/s1. The van der Waals surface area contributed by atoms with Crippen molar-refractivity contribution in [3.63, 3.8) is 0 Å². The van der Waals surface area contributed by atoms with Crippen molar-refractivity contribution < 1.29 is 19.1 Å². The molecule has 0 saturated carbocycles. The van der Waals surface area contributed by atoms with Crippen molar-refractivity contribution in [3.05, 3.63) is 60.2 Å². The minimum atomic E-state index is -0.570. The number of nitrogens with zero attached hydrogens (tertiary/aromatic N) is 2. The fourth-order valence-corrected chi connectivity index (χ4v) is 3.81. The molecule has 6 nitrogen and oxygen atoms in total. The van der Waals surface area contributed by atoms with Gasteiger partial charge in [0.15, 0.2) is 6.61 Å². The summed E-state index contributed by atoms with van der Waals surface area (Å²) in [5.41, 5.74) is 2.66. The first-order valence-corrected chi connectivity index (χ1v) is 10.3. The van der Waals surface area contributed by atoms with E-state index in [2.05, 4.69) is 0 Å². The maximum Gasteiger partial charge on any atom is 0.311 e. The third-order valence-electron chi connectivity index (χ3n) is 5.28. The molecule has 0 bridgehead atoms. The first kappa shape index (κ1) is 21.6. The fourth-order valence-electron chi connectivity index (χ4n) is 3.81. The van der Waals surface area contributed by atoms with Gasteiger partial charge in [-0.1, -0.05) is 43.3 Å². The zero-order chi connectivity index (χ0) is 21.7. The van der Waals surface area contributed by atoms with E-state index in [-0.39, 0.29) is 37.4 Å². The van der Waals surface area contributed by atoms with Crippen LogP contribution in [0.3, 0.4) is 0 Å². The number of hydrogen-bond acceptors (Lipinski definition) is 4. The van der Waals surface area contributed by atoms with E-state index >= 15 is 0 Å². The Bertz CT molecular complexity index is 910. The molecule has 6 heteroatoms. The van der Waals surface area contributed by atoms with Crippen LogP contribution in [0.15, 0.2) is 54.6 Å². The van der Waals surface area contributed by atoms with Crippen LogP contribution in [-0.4, -0.2) is 37.0 Å². The molecule has 1 atom stereocenters. The van der Waals surface area contributed by atoms with Crippen LogP contribution in [0.5, 0.6) is 0 Å². The number of carbonyl (C=O) groups is 3. The highest BCUT2D eigenvalue weighted by Crippen LogP contribution is 2.29. The molecular formula is C24H28N2O4. The van der Waals surface area contributed by atoms with Gasteiger partial charge in [0, 0.05) is 30.4 Å². The van der Waals surface area contributed by atoms with Gasteiger partial charge in [0.25, 0.3) is 5.91 Å². The summed E-state index contributed by atoms with van der Waals surface area (Å²) in [5.74, 6) is -1.47. The van der Waals surface area contributed by atoms with Gasteiger partial charge in [0.1, 0.15) is 0 Å². The lowest BCUT2D eigenvalue weighted by Crippen LogP contribution is -2.40. The van der Waals surface area contributed by atoms with Gasteiger partial charge in [-0.05, 0) is 44.0 Å². The maximum absolute atomic E-state index is 12.7. The molecule has 2 aromatic carbocycles. The summed E-state index contributed by atoms with van der Waals surface area (Å²) in [4.78, 5) is 41.1. The molecule has 1 saturated heterocycles. The SMILES string of the molecule is CCc1ccccc1N1C[C@H](C(=O)OCC(=O)N(c2ccccc2)C(C)C)CC1=O. The number of para-hydroxylation sites is 2. The number of ether oxygens (including phenoxy) is 1. The van der Waals surface area contributed by atoms with Crippen LogP contribution in [0.4, 0.5) is 11.4 Å². The summed E-state index contributed by atoms with van der Waals surface area (Å²) < 4.78 is 5.32. The van der Waals surface area contributed by atoms with Gasteiger partial charge in [-0.15, -0.1) is 0 Å². The molecule has 0 radical (unpaired) electrons. The summed E-state index contributed by atoms with van der Waals surface area (Å²) in [7, 11) is 0. The van der Waals surface area contributed by atoms with Gasteiger partial charge in [0.05, 0.1) is 5.92 Å². The van der Waals surface area contributed by atoms with Gasteiger partial charge < -0.3 is 14.5 Å². The van der Waals surface area contributed by atoms with Crippen LogP contribution in [0.2, 0.25) is 0 Å². The lowest BCUT2D eigenvalue weighted by atomic mass is 10.1. The Morgan fingerprint density at radius 2 is 1.77 bits per heavy atom. The summed E-state index contributed by atoms with van der Waals surface area (Å²) in [6, 6.07) is 16.9. The Kier molecular flexibility index (Phi) is 6.87. The molecule has 30 heavy (non-hydrogen) atoms. The van der Waals surface area contributed by atoms with Crippen molar-refractivity contribution in [3.8, 4) is 0 Å². The molecule has 158 valence electrons. The van der Waals surface area contributed by atoms with E-state index in [9.17, 15) is 14.4 Å². The lowest BCUT2D eigenvalue weighted by molar-refractivity contribution is -0.151. The average molecular weight is 408 g/mol. The van der Waals surface area contributed by atoms with Crippen LogP contribution < -0.4 is 9.80 Å². The summed E-state index contributed by atoms with van der Waals surface area (Å²) in [6.07, 6.45) is 0.895. The number of carbonyl (C=O) groups excluding carboxylic acids is 3. The third kappa shape index (κ3) is 4.70. The molecule has 2 aromatic rings. The van der Waals surface area contributed by atoms with Crippen LogP contribution >= 0.6 is 0 Å². The smallest absolute Gasteiger partial charge is 0.311 e. The predicted molar refractivity (Wildman–Crippen MR) is 116 cm³/mol. The molecule has 2 amide bonds. The third-order valence-corrected chi connectivity index (χ3v) is 5.28. The van der Waals surface area contributed by atoms with Gasteiger partial charge >= 0.3 is 5.97 Å². The fraction of sp³-hybridized carbons (Fsp3) is 0.375. The van der Waals surface area contributed by atoms with Gasteiger partial charge in [-0.2, -0.15) is 0 Å². The second-order valence-corrected chi connectivity index (χ2v) is 7.69. The van der Waals surface area contributed by atoms with Gasteiger partial charge in [-0.3, -0.25) is 14.4 Å². The lowest BCUT2D eigenvalue weighted by Gasteiger charge is -2.26. The number of aryl methyl sites for hydroxylation is 1. The van der Waals surface area contributed by atoms with Crippen molar-refractivity contribution in [2.45, 2.75) is 39.7 Å². The van der Waals surface area contributed by atoms with E-state index in [1.807, 2.05) is 75.4 Å². The second-order valence-electron chi connectivity index (χ2n) is 7.69. The molecule has 0 spiro atoms. The molecule has 0 aliphatic carbocycles. The van der Waals surface area contributed by atoms with Crippen LogP contribution in [-0.2, 0) is 25.5 Å². The molecule has 1 fully saturated rings. The zero-order valence-corrected chi connectivity index (χ0v) is 17.7. The number of hydrogen-bond donors (Lipinski definition) is 0. The Morgan fingerprint density at radius 3 is 2.43 bits per heavy atom. The molecule has 0 N–H and O–H groups in total. The van der Waals surface area contributed by atoms with E-state index in [0.29, 0.717) is 0 Å². The molecular weight excluding hydrogens is 380 g/mol. The Labute approximate surface area is 177 Å². The van der Waals surface area contributed by atoms with E-state index in [1.54, 1.807) is 9.80 Å². The minimum Gasteiger partial charge on any atom is -0.455 e. The highest BCUT2D eigenvalue weighted by Gasteiger charge is 2.37. The Morgan fingerprint density at radius 1 is 1.10 bits per heavy atom. The maximum atomic E-state index is 12.7. The number of anilines is 2. The summed E-state index contributed by atoms with van der Waals surface area (Å²) in [5, 5.41) is 0. The van der Waals surface area contributed by atoms with Gasteiger partial charge in [-0.25, -0.2) is 0 Å². The van der Waals surface area contributed by atoms with E-state index in [1.165, 1.54) is 0 Å². The van der Waals surface area contributed by atoms with Crippen LogP contribution in [0.25, 0.3) is 0 Å². The molecule has 0 unspecified atom stereocenters. The highest BCUT2D eigenvalue weighted by molar-refractivity contribution is 6.00. The van der Waals surface area contributed by atoms with Crippen molar-refractivity contribution in [1.82, 2.24) is 0 Å². The highest BCUT2D eigenvalue weighted by atomic mass is 16.5. The van der Waals surface area contributed by atoms with E-state index in [0.717, 1.165) is 23.4 Å². The first-order chi connectivity index (χ1) is 14.4. The predicted octanol–water partition coefficient (Wildman–Crippen LogP) is 3.59. The van der Waals surface area contributed by atoms with Crippen molar-refractivity contribution in [1.29, 1.82) is 0 Å². The van der Waals surface area contributed by atoms with Crippen molar-refractivity contribution in [2.75, 3.05) is 23.0 Å². The molecule has 1 aliphatic heterocycles. The average Bonchev–Trinajstić information content (AvgIpc) is 3.14. The topological polar surface area (TPSA) is 66.9 Å². The first-order valence-electron chi connectivity index (χ1n) is 10.3. The molecule has 1 aliphatic rings. The zero-order valence-electron chi connectivity index (χ0n) is 17.7. The monoisotopic (exact) mass is 408 g/mol. The van der Waals surface area contributed by atoms with E-state index in [4.69, 9.17) is 4.74 Å². The summed E-state index contributed by atoms with van der Waals surface area (Å²) in [6.45, 7) is 5.78. The molecule has 1 heterocycles. The summed E-state index contributed by atoms with van der Waals surface area (Å²) >= 11 is 0. The number of esters is 1. The van der Waals surface area contributed by atoms with Crippen molar-refractivity contribution >= 4 is 29.2 Å². The van der Waals surface area contributed by atoms with Crippen LogP contribution in [0, 0.1) is 5.92 Å². The van der Waals surface area contributed by atoms with Crippen molar-refractivity contribution in [2.24, 2.45) is 5.92 Å². The minimum absolute atomic E-state index is 0.0762. The molecule has 0 aromatic heterocycles. The number of benzene rings is 2. The normalized spacial score (nSPS) is 16.1. The quantitative estimate of drug-likeness (QED) is 0.657. The van der Waals surface area contributed by atoms with Gasteiger partial charge in [0.2, 0.25) is 5.91 Å². The largest absolute Gasteiger partial charge is 0.455 e.